The van der Waals surface area contributed by atoms with Crippen molar-refractivity contribution in [2.75, 3.05) is 19.0 Å². The zero-order valence-corrected chi connectivity index (χ0v) is 12.8. The molecule has 0 aliphatic heterocycles. The molecule has 2 heterocycles. The SMILES string of the molecule is CC[C@@H](CO)N(Cc1ccco1)C(=O)c1cccnc1NC. The van der Waals surface area contributed by atoms with Crippen LogP contribution in [0, 0.1) is 0 Å². The van der Waals surface area contributed by atoms with Crippen LogP contribution < -0.4 is 5.32 Å². The van der Waals surface area contributed by atoms with Gasteiger partial charge in [0.1, 0.15) is 11.6 Å². The van der Waals surface area contributed by atoms with Gasteiger partial charge in [0.05, 0.1) is 31.0 Å². The molecular weight excluding hydrogens is 282 g/mol. The van der Waals surface area contributed by atoms with Crippen LogP contribution in [0.5, 0.6) is 0 Å². The monoisotopic (exact) mass is 303 g/mol. The first kappa shape index (κ1) is 16.0. The average molecular weight is 303 g/mol. The quantitative estimate of drug-likeness (QED) is 0.819. The molecule has 22 heavy (non-hydrogen) atoms. The number of aliphatic hydroxyl groups is 1. The molecule has 1 atom stereocenters. The van der Waals surface area contributed by atoms with Crippen molar-refractivity contribution in [2.24, 2.45) is 0 Å². The maximum absolute atomic E-state index is 12.9. The van der Waals surface area contributed by atoms with Gasteiger partial charge in [-0.05, 0) is 30.7 Å². The highest BCUT2D eigenvalue weighted by Crippen LogP contribution is 2.19. The predicted molar refractivity (Wildman–Crippen MR) is 83.5 cm³/mol. The lowest BCUT2D eigenvalue weighted by Gasteiger charge is -2.29. The number of amides is 1. The van der Waals surface area contributed by atoms with Crippen molar-refractivity contribution >= 4 is 11.7 Å². The second-order valence-corrected chi connectivity index (χ2v) is 4.91. The number of nitrogens with zero attached hydrogens (tertiary/aromatic N) is 2. The maximum atomic E-state index is 12.9. The molecule has 0 saturated heterocycles. The van der Waals surface area contributed by atoms with E-state index in [0.717, 1.165) is 0 Å². The van der Waals surface area contributed by atoms with Gasteiger partial charge in [-0.1, -0.05) is 6.92 Å². The van der Waals surface area contributed by atoms with E-state index < -0.39 is 0 Å². The van der Waals surface area contributed by atoms with Crippen LogP contribution in [0.2, 0.25) is 0 Å². The molecule has 1 amide bonds. The number of nitrogens with one attached hydrogen (secondary N) is 1. The fourth-order valence-corrected chi connectivity index (χ4v) is 2.32. The van der Waals surface area contributed by atoms with Gasteiger partial charge in [-0.25, -0.2) is 4.98 Å². The van der Waals surface area contributed by atoms with Crippen molar-refractivity contribution in [3.63, 3.8) is 0 Å². The number of aromatic nitrogens is 1. The van der Waals surface area contributed by atoms with Crippen molar-refractivity contribution in [3.8, 4) is 0 Å². The standard InChI is InChI=1S/C16H21N3O3/c1-3-12(11-20)19(10-13-6-5-9-22-13)16(21)14-7-4-8-18-15(14)17-2/h4-9,12,20H,3,10-11H2,1-2H3,(H,17,18)/t12-/m0/s1. The third kappa shape index (κ3) is 3.46. The van der Waals surface area contributed by atoms with Crippen LogP contribution in [0.1, 0.15) is 29.5 Å². The largest absolute Gasteiger partial charge is 0.467 e. The summed E-state index contributed by atoms with van der Waals surface area (Å²) in [5, 5.41) is 12.5. The molecule has 0 bridgehead atoms. The lowest BCUT2D eigenvalue weighted by atomic mass is 10.1. The van der Waals surface area contributed by atoms with Gasteiger partial charge < -0.3 is 19.7 Å². The summed E-state index contributed by atoms with van der Waals surface area (Å²) in [6, 6.07) is 6.76. The molecule has 118 valence electrons. The maximum Gasteiger partial charge on any atom is 0.258 e. The van der Waals surface area contributed by atoms with Crippen molar-refractivity contribution in [1.29, 1.82) is 0 Å². The van der Waals surface area contributed by atoms with Gasteiger partial charge in [-0.3, -0.25) is 4.79 Å². The normalized spacial score (nSPS) is 12.0. The highest BCUT2D eigenvalue weighted by Gasteiger charge is 2.26. The summed E-state index contributed by atoms with van der Waals surface area (Å²) < 4.78 is 5.34. The molecule has 0 spiro atoms. The van der Waals surface area contributed by atoms with E-state index in [0.29, 0.717) is 30.1 Å². The first-order chi connectivity index (χ1) is 10.7. The molecule has 6 nitrogen and oxygen atoms in total. The Hall–Kier alpha value is -2.34. The molecule has 0 fully saturated rings. The number of furan rings is 1. The van der Waals surface area contributed by atoms with Crippen molar-refractivity contribution in [2.45, 2.75) is 25.9 Å². The van der Waals surface area contributed by atoms with E-state index in [1.165, 1.54) is 0 Å². The molecule has 2 aromatic heterocycles. The third-order valence-electron chi connectivity index (χ3n) is 3.56. The number of anilines is 1. The van der Waals surface area contributed by atoms with Gasteiger partial charge in [0.15, 0.2) is 0 Å². The summed E-state index contributed by atoms with van der Waals surface area (Å²) in [5.41, 5.74) is 0.475. The van der Waals surface area contributed by atoms with Gasteiger partial charge in [0.2, 0.25) is 0 Å². The summed E-state index contributed by atoms with van der Waals surface area (Å²) in [6.07, 6.45) is 3.85. The molecule has 0 aliphatic carbocycles. The van der Waals surface area contributed by atoms with Crippen LogP contribution in [-0.4, -0.2) is 40.6 Å². The second kappa shape index (κ2) is 7.61. The van der Waals surface area contributed by atoms with Crippen LogP contribution in [-0.2, 0) is 6.54 Å². The lowest BCUT2D eigenvalue weighted by Crippen LogP contribution is -2.41. The topological polar surface area (TPSA) is 78.6 Å². The van der Waals surface area contributed by atoms with Gasteiger partial charge in [0, 0.05) is 13.2 Å². The minimum absolute atomic E-state index is 0.0991. The summed E-state index contributed by atoms with van der Waals surface area (Å²) in [5.74, 6) is 1.01. The van der Waals surface area contributed by atoms with Crippen LogP contribution in [0.15, 0.2) is 41.1 Å². The highest BCUT2D eigenvalue weighted by molar-refractivity contribution is 5.98. The minimum atomic E-state index is -0.275. The van der Waals surface area contributed by atoms with Gasteiger partial charge >= 0.3 is 0 Å². The van der Waals surface area contributed by atoms with Crippen LogP contribution in [0.4, 0.5) is 5.82 Å². The number of carbonyl (C=O) groups is 1. The summed E-state index contributed by atoms with van der Waals surface area (Å²) >= 11 is 0. The molecular formula is C16H21N3O3. The smallest absolute Gasteiger partial charge is 0.258 e. The van der Waals surface area contributed by atoms with E-state index in [1.807, 2.05) is 13.0 Å². The van der Waals surface area contributed by atoms with E-state index in [-0.39, 0.29) is 18.6 Å². The van der Waals surface area contributed by atoms with Crippen molar-refractivity contribution in [1.82, 2.24) is 9.88 Å². The molecule has 6 heteroatoms. The summed E-state index contributed by atoms with van der Waals surface area (Å²) in [6.45, 7) is 2.15. The Morgan fingerprint density at radius 2 is 2.27 bits per heavy atom. The molecule has 2 aromatic rings. The number of pyridine rings is 1. The Balaban J connectivity index is 2.32. The number of hydrogen-bond donors (Lipinski definition) is 2. The molecule has 0 aromatic carbocycles. The first-order valence-electron chi connectivity index (χ1n) is 7.28. The Kier molecular flexibility index (Phi) is 5.55. The Labute approximate surface area is 129 Å². The Bertz CT molecular complexity index is 594. The zero-order chi connectivity index (χ0) is 15.9. The third-order valence-corrected chi connectivity index (χ3v) is 3.56. The van der Waals surface area contributed by atoms with Crippen molar-refractivity contribution < 1.29 is 14.3 Å². The zero-order valence-electron chi connectivity index (χ0n) is 12.8. The molecule has 0 unspecified atom stereocenters. The van der Waals surface area contributed by atoms with Crippen LogP contribution >= 0.6 is 0 Å². The first-order valence-corrected chi connectivity index (χ1v) is 7.28. The number of rotatable bonds is 7. The Morgan fingerprint density at radius 3 is 2.86 bits per heavy atom. The Morgan fingerprint density at radius 1 is 1.45 bits per heavy atom. The summed E-state index contributed by atoms with van der Waals surface area (Å²) in [4.78, 5) is 18.7. The fourth-order valence-electron chi connectivity index (χ4n) is 2.32. The highest BCUT2D eigenvalue weighted by atomic mass is 16.3. The van der Waals surface area contributed by atoms with E-state index in [1.54, 1.807) is 42.6 Å². The molecule has 0 radical (unpaired) electrons. The van der Waals surface area contributed by atoms with Crippen LogP contribution in [0.3, 0.4) is 0 Å². The van der Waals surface area contributed by atoms with Gasteiger partial charge in [-0.2, -0.15) is 0 Å². The molecule has 2 N–H and O–H groups in total. The number of carbonyl (C=O) groups excluding carboxylic acids is 1. The van der Waals surface area contributed by atoms with Crippen molar-refractivity contribution in [3.05, 3.63) is 48.0 Å². The van der Waals surface area contributed by atoms with E-state index in [4.69, 9.17) is 4.42 Å². The number of aliphatic hydroxyl groups excluding tert-OH is 1. The van der Waals surface area contributed by atoms with Crippen LogP contribution in [0.25, 0.3) is 0 Å². The molecule has 0 aliphatic rings. The number of hydrogen-bond acceptors (Lipinski definition) is 5. The molecule has 0 saturated carbocycles. The lowest BCUT2D eigenvalue weighted by molar-refractivity contribution is 0.0545. The van der Waals surface area contributed by atoms with Gasteiger partial charge in [-0.15, -0.1) is 0 Å². The van der Waals surface area contributed by atoms with E-state index in [9.17, 15) is 9.90 Å². The van der Waals surface area contributed by atoms with Gasteiger partial charge in [0.25, 0.3) is 5.91 Å². The van der Waals surface area contributed by atoms with E-state index >= 15 is 0 Å². The van der Waals surface area contributed by atoms with E-state index in [2.05, 4.69) is 10.3 Å². The average Bonchev–Trinajstić information content (AvgIpc) is 3.07. The fraction of sp³-hybridized carbons (Fsp3) is 0.375. The summed E-state index contributed by atoms with van der Waals surface area (Å²) in [7, 11) is 1.72. The predicted octanol–water partition coefficient (Wildman–Crippen LogP) is 2.13. The molecule has 2 rings (SSSR count). The second-order valence-electron chi connectivity index (χ2n) is 4.91. The minimum Gasteiger partial charge on any atom is -0.467 e.